The first-order valence-electron chi connectivity index (χ1n) is 7.00. The van der Waals surface area contributed by atoms with Crippen LogP contribution < -0.4 is 10.6 Å². The van der Waals surface area contributed by atoms with E-state index < -0.39 is 0 Å². The second-order valence-electron chi connectivity index (χ2n) is 4.66. The van der Waals surface area contributed by atoms with Gasteiger partial charge in [0, 0.05) is 42.7 Å². The molecule has 8 heteroatoms. The van der Waals surface area contributed by atoms with E-state index in [1.54, 1.807) is 30.7 Å². The van der Waals surface area contributed by atoms with E-state index in [9.17, 15) is 4.79 Å². The summed E-state index contributed by atoms with van der Waals surface area (Å²) >= 11 is 13.4. The topological polar surface area (TPSA) is 63.2 Å². The number of rotatable bonds is 8. The summed E-state index contributed by atoms with van der Waals surface area (Å²) in [5, 5.41) is 9.45. The van der Waals surface area contributed by atoms with E-state index in [4.69, 9.17) is 27.9 Å². The summed E-state index contributed by atoms with van der Waals surface area (Å²) in [6, 6.07) is 5.20. The molecule has 0 unspecified atom stereocenters. The van der Waals surface area contributed by atoms with Gasteiger partial charge in [0.05, 0.1) is 11.6 Å². The fourth-order valence-corrected chi connectivity index (χ4v) is 3.21. The van der Waals surface area contributed by atoms with Crippen LogP contribution >= 0.6 is 34.5 Å². The summed E-state index contributed by atoms with van der Waals surface area (Å²) < 4.78 is 4.92. The van der Waals surface area contributed by atoms with Gasteiger partial charge in [0.2, 0.25) is 0 Å². The number of benzene rings is 1. The minimum atomic E-state index is -0.203. The lowest BCUT2D eigenvalue weighted by molar-refractivity contribution is 0.0949. The lowest BCUT2D eigenvalue weighted by atomic mass is 10.2. The maximum Gasteiger partial charge on any atom is 0.270 e. The van der Waals surface area contributed by atoms with Crippen molar-refractivity contribution < 1.29 is 9.53 Å². The van der Waals surface area contributed by atoms with E-state index >= 15 is 0 Å². The van der Waals surface area contributed by atoms with Crippen LogP contribution in [0.15, 0.2) is 23.6 Å². The van der Waals surface area contributed by atoms with Crippen molar-refractivity contribution >= 4 is 40.4 Å². The smallest absolute Gasteiger partial charge is 0.270 e. The quantitative estimate of drug-likeness (QED) is 0.697. The highest BCUT2D eigenvalue weighted by Gasteiger charge is 2.13. The molecule has 1 heterocycles. The van der Waals surface area contributed by atoms with Gasteiger partial charge in [0.1, 0.15) is 10.7 Å². The molecule has 23 heavy (non-hydrogen) atoms. The molecular formula is C15H17Cl2N3O2S. The van der Waals surface area contributed by atoms with Crippen LogP contribution in [0.5, 0.6) is 0 Å². The molecule has 0 fully saturated rings. The van der Waals surface area contributed by atoms with Crippen LogP contribution in [-0.2, 0) is 4.74 Å². The third kappa shape index (κ3) is 5.44. The Morgan fingerprint density at radius 2 is 2.13 bits per heavy atom. The molecule has 0 radical (unpaired) electrons. The highest BCUT2D eigenvalue weighted by Crippen LogP contribution is 2.32. The number of carbonyl (C=O) groups excluding carboxylic acids is 1. The molecule has 0 saturated heterocycles. The van der Waals surface area contributed by atoms with E-state index in [-0.39, 0.29) is 5.91 Å². The lowest BCUT2D eigenvalue weighted by Crippen LogP contribution is -2.33. The van der Waals surface area contributed by atoms with Crippen LogP contribution in [0, 0.1) is 0 Å². The molecule has 0 aliphatic carbocycles. The zero-order valence-electron chi connectivity index (χ0n) is 12.6. The number of nitrogens with one attached hydrogen (secondary N) is 2. The maximum absolute atomic E-state index is 12.0. The molecule has 0 atom stereocenters. The Morgan fingerprint density at radius 3 is 2.87 bits per heavy atom. The number of ether oxygens (including phenoxy) is 1. The van der Waals surface area contributed by atoms with Crippen molar-refractivity contribution in [3.63, 3.8) is 0 Å². The van der Waals surface area contributed by atoms with Gasteiger partial charge in [-0.3, -0.25) is 4.79 Å². The van der Waals surface area contributed by atoms with Gasteiger partial charge in [-0.1, -0.05) is 23.2 Å². The van der Waals surface area contributed by atoms with E-state index in [2.05, 4.69) is 15.6 Å². The predicted octanol–water partition coefficient (Wildman–Crippen LogP) is 3.08. The molecule has 0 aliphatic heterocycles. The first-order chi connectivity index (χ1) is 11.1. The number of nitrogens with zero attached hydrogens (tertiary/aromatic N) is 1. The minimum absolute atomic E-state index is 0.203. The number of hydrogen-bond donors (Lipinski definition) is 2. The molecular weight excluding hydrogens is 357 g/mol. The Bertz CT molecular complexity index is 664. The summed E-state index contributed by atoms with van der Waals surface area (Å²) in [4.78, 5) is 16.4. The molecule has 2 aromatic rings. The Kier molecular flexibility index (Phi) is 7.26. The average molecular weight is 374 g/mol. The summed E-state index contributed by atoms with van der Waals surface area (Å²) in [6.07, 6.45) is 0. The molecule has 1 amide bonds. The first kappa shape index (κ1) is 18.2. The Labute approximate surface area is 149 Å². The average Bonchev–Trinajstić information content (AvgIpc) is 3.00. The number of carbonyl (C=O) groups is 1. The molecule has 2 rings (SSSR count). The van der Waals surface area contributed by atoms with Crippen molar-refractivity contribution in [2.45, 2.75) is 0 Å². The fraction of sp³-hybridized carbons (Fsp3) is 0.333. The third-order valence-electron chi connectivity index (χ3n) is 2.97. The van der Waals surface area contributed by atoms with Crippen LogP contribution in [0.2, 0.25) is 10.0 Å². The van der Waals surface area contributed by atoms with Crippen molar-refractivity contribution in [2.75, 3.05) is 33.4 Å². The van der Waals surface area contributed by atoms with Gasteiger partial charge in [0.15, 0.2) is 0 Å². The Hall–Kier alpha value is -1.18. The predicted molar refractivity (Wildman–Crippen MR) is 94.6 cm³/mol. The zero-order valence-corrected chi connectivity index (χ0v) is 14.9. The lowest BCUT2D eigenvalue weighted by Gasteiger charge is -2.05. The van der Waals surface area contributed by atoms with Crippen LogP contribution in [0.1, 0.15) is 10.5 Å². The van der Waals surface area contributed by atoms with E-state index in [0.29, 0.717) is 40.4 Å². The summed E-state index contributed by atoms with van der Waals surface area (Å²) in [5.74, 6) is -0.203. The SMILES string of the molecule is COCCNCCNC(=O)c1csc(-c2ccc(Cl)cc2Cl)n1. The number of hydrogen-bond acceptors (Lipinski definition) is 5. The van der Waals surface area contributed by atoms with E-state index in [0.717, 1.165) is 12.1 Å². The molecule has 124 valence electrons. The molecule has 0 aliphatic rings. The number of aromatic nitrogens is 1. The second-order valence-corrected chi connectivity index (χ2v) is 6.36. The van der Waals surface area contributed by atoms with Crippen molar-refractivity contribution in [3.8, 4) is 10.6 Å². The molecule has 0 bridgehead atoms. The van der Waals surface area contributed by atoms with Crippen LogP contribution in [0.3, 0.4) is 0 Å². The molecule has 5 nitrogen and oxygen atoms in total. The van der Waals surface area contributed by atoms with Crippen LogP contribution in [0.25, 0.3) is 10.6 Å². The summed E-state index contributed by atoms with van der Waals surface area (Å²) in [6.45, 7) is 2.60. The summed E-state index contributed by atoms with van der Waals surface area (Å²) in [5.41, 5.74) is 1.15. The van der Waals surface area contributed by atoms with E-state index in [1.807, 2.05) is 0 Å². The molecule has 1 aromatic carbocycles. The van der Waals surface area contributed by atoms with Crippen LogP contribution in [0.4, 0.5) is 0 Å². The maximum atomic E-state index is 12.0. The van der Waals surface area contributed by atoms with Gasteiger partial charge in [-0.25, -0.2) is 4.98 Å². The largest absolute Gasteiger partial charge is 0.383 e. The minimum Gasteiger partial charge on any atom is -0.383 e. The summed E-state index contributed by atoms with van der Waals surface area (Å²) in [7, 11) is 1.65. The van der Waals surface area contributed by atoms with Gasteiger partial charge < -0.3 is 15.4 Å². The van der Waals surface area contributed by atoms with Gasteiger partial charge in [-0.05, 0) is 18.2 Å². The van der Waals surface area contributed by atoms with Crippen molar-refractivity contribution in [3.05, 3.63) is 39.3 Å². The Morgan fingerprint density at radius 1 is 1.30 bits per heavy atom. The molecule has 1 aromatic heterocycles. The van der Waals surface area contributed by atoms with Crippen molar-refractivity contribution in [2.24, 2.45) is 0 Å². The van der Waals surface area contributed by atoms with Gasteiger partial charge >= 0.3 is 0 Å². The molecule has 0 saturated carbocycles. The molecule has 0 spiro atoms. The number of amides is 1. The number of thiazole rings is 1. The monoisotopic (exact) mass is 373 g/mol. The first-order valence-corrected chi connectivity index (χ1v) is 8.64. The zero-order chi connectivity index (χ0) is 16.7. The van der Waals surface area contributed by atoms with E-state index in [1.165, 1.54) is 11.3 Å². The van der Waals surface area contributed by atoms with Crippen molar-refractivity contribution in [1.29, 1.82) is 0 Å². The number of halogens is 2. The van der Waals surface area contributed by atoms with Gasteiger partial charge in [-0.15, -0.1) is 11.3 Å². The fourth-order valence-electron chi connectivity index (χ4n) is 1.82. The van der Waals surface area contributed by atoms with Crippen molar-refractivity contribution in [1.82, 2.24) is 15.6 Å². The standard InChI is InChI=1S/C15H17Cl2N3O2S/c1-22-7-6-18-4-5-19-14(21)13-9-23-15(20-13)11-3-2-10(16)8-12(11)17/h2-3,8-9,18H,4-7H2,1H3,(H,19,21). The van der Waals surface area contributed by atoms with Gasteiger partial charge in [0.25, 0.3) is 5.91 Å². The molecule has 2 N–H and O–H groups in total. The Balaban J connectivity index is 1.90. The third-order valence-corrected chi connectivity index (χ3v) is 4.39. The highest BCUT2D eigenvalue weighted by atomic mass is 35.5. The van der Waals surface area contributed by atoms with Gasteiger partial charge in [-0.2, -0.15) is 0 Å². The normalized spacial score (nSPS) is 10.7. The second kappa shape index (κ2) is 9.20. The highest BCUT2D eigenvalue weighted by molar-refractivity contribution is 7.13. The van der Waals surface area contributed by atoms with Crippen LogP contribution in [-0.4, -0.2) is 44.2 Å². The number of methoxy groups -OCH3 is 1.